The molecule has 0 saturated heterocycles. The molecule has 0 fully saturated rings. The van der Waals surface area contributed by atoms with Crippen molar-refractivity contribution in [1.29, 1.82) is 0 Å². The number of aryl methyl sites for hydroxylation is 1. The van der Waals surface area contributed by atoms with Crippen molar-refractivity contribution in [1.82, 2.24) is 0 Å². The number of rotatable bonds is 11. The Morgan fingerprint density at radius 3 is 2.47 bits per heavy atom. The molecule has 0 radical (unpaired) electrons. The zero-order valence-corrected chi connectivity index (χ0v) is 17.8. The normalized spacial score (nSPS) is 13.0. The number of ether oxygens (including phenoxy) is 2. The van der Waals surface area contributed by atoms with Gasteiger partial charge in [-0.25, -0.2) is 0 Å². The van der Waals surface area contributed by atoms with E-state index in [0.29, 0.717) is 23.7 Å². The lowest BCUT2D eigenvalue weighted by Gasteiger charge is -2.13. The SMILES string of the molecule is CC(=O)COc1cccc2c(CCS(=O)CC(O)COc3ccccc3)cccc12. The molecule has 2 atom stereocenters. The van der Waals surface area contributed by atoms with Gasteiger partial charge >= 0.3 is 0 Å². The molecule has 0 bridgehead atoms. The van der Waals surface area contributed by atoms with Crippen molar-refractivity contribution in [3.05, 3.63) is 72.3 Å². The van der Waals surface area contributed by atoms with E-state index in [2.05, 4.69) is 0 Å². The molecule has 2 unspecified atom stereocenters. The van der Waals surface area contributed by atoms with E-state index >= 15 is 0 Å². The summed E-state index contributed by atoms with van der Waals surface area (Å²) in [6.07, 6.45) is -0.169. The van der Waals surface area contributed by atoms with Crippen molar-refractivity contribution in [2.24, 2.45) is 0 Å². The van der Waals surface area contributed by atoms with E-state index < -0.39 is 16.9 Å². The van der Waals surface area contributed by atoms with Crippen LogP contribution in [0.4, 0.5) is 0 Å². The molecule has 0 aliphatic rings. The van der Waals surface area contributed by atoms with E-state index in [1.54, 1.807) is 0 Å². The number of Topliss-reactive ketones (excluding diaryl/α,β-unsaturated/α-hetero) is 1. The number of aliphatic hydroxyl groups is 1. The van der Waals surface area contributed by atoms with Gasteiger partial charge in [0.1, 0.15) is 24.7 Å². The number of carbonyl (C=O) groups is 1. The van der Waals surface area contributed by atoms with Crippen LogP contribution in [0.2, 0.25) is 0 Å². The van der Waals surface area contributed by atoms with Crippen LogP contribution in [0.5, 0.6) is 11.5 Å². The molecule has 0 spiro atoms. The lowest BCUT2D eigenvalue weighted by atomic mass is 10.0. The van der Waals surface area contributed by atoms with E-state index in [9.17, 15) is 14.1 Å². The molecule has 0 saturated carbocycles. The summed E-state index contributed by atoms with van der Waals surface area (Å²) < 4.78 is 23.6. The summed E-state index contributed by atoms with van der Waals surface area (Å²) in [5.41, 5.74) is 1.06. The van der Waals surface area contributed by atoms with Gasteiger partial charge in [-0.2, -0.15) is 0 Å². The second-order valence-electron chi connectivity index (χ2n) is 7.10. The van der Waals surface area contributed by atoms with Gasteiger partial charge in [-0.3, -0.25) is 9.00 Å². The predicted molar refractivity (Wildman–Crippen MR) is 120 cm³/mol. The molecule has 3 rings (SSSR count). The Morgan fingerprint density at radius 1 is 0.967 bits per heavy atom. The summed E-state index contributed by atoms with van der Waals surface area (Å²) >= 11 is 0. The Labute approximate surface area is 179 Å². The highest BCUT2D eigenvalue weighted by Gasteiger charge is 2.12. The van der Waals surface area contributed by atoms with Crippen LogP contribution in [-0.2, 0) is 22.0 Å². The van der Waals surface area contributed by atoms with E-state index in [-0.39, 0.29) is 24.7 Å². The standard InChI is InChI=1S/C24H26O5S/c1-18(25)15-29-24-12-6-10-22-19(7-5-11-23(22)24)13-14-30(27)17-20(26)16-28-21-8-3-2-4-9-21/h2-12,20,26H,13-17H2,1H3. The lowest BCUT2D eigenvalue weighted by Crippen LogP contribution is -2.25. The second kappa shape index (κ2) is 10.9. The Hall–Kier alpha value is -2.70. The van der Waals surface area contributed by atoms with Crippen LogP contribution >= 0.6 is 0 Å². The summed E-state index contributed by atoms with van der Waals surface area (Å²) in [6.45, 7) is 1.64. The maximum absolute atomic E-state index is 12.5. The van der Waals surface area contributed by atoms with Gasteiger partial charge in [-0.15, -0.1) is 0 Å². The van der Waals surface area contributed by atoms with Gasteiger partial charge in [0.25, 0.3) is 0 Å². The Balaban J connectivity index is 1.56. The van der Waals surface area contributed by atoms with Crippen molar-refractivity contribution in [2.75, 3.05) is 24.7 Å². The first-order valence-corrected chi connectivity index (χ1v) is 11.4. The highest BCUT2D eigenvalue weighted by Crippen LogP contribution is 2.28. The van der Waals surface area contributed by atoms with Crippen LogP contribution in [0.25, 0.3) is 10.8 Å². The molecular formula is C24H26O5S. The van der Waals surface area contributed by atoms with Crippen LogP contribution in [0.15, 0.2) is 66.7 Å². The molecule has 0 aliphatic heterocycles. The minimum absolute atomic E-state index is 0.0339. The van der Waals surface area contributed by atoms with Gasteiger partial charge in [0.05, 0.1) is 11.9 Å². The summed E-state index contributed by atoms with van der Waals surface area (Å²) in [6, 6.07) is 20.9. The van der Waals surface area contributed by atoms with Crippen molar-refractivity contribution in [2.45, 2.75) is 19.4 Å². The fourth-order valence-electron chi connectivity index (χ4n) is 3.15. The molecule has 0 heterocycles. The maximum Gasteiger partial charge on any atom is 0.167 e. The predicted octanol–water partition coefficient (Wildman–Crippen LogP) is 3.54. The minimum atomic E-state index is -1.17. The number of para-hydroxylation sites is 1. The average molecular weight is 427 g/mol. The fourth-order valence-corrected chi connectivity index (χ4v) is 4.29. The van der Waals surface area contributed by atoms with Crippen molar-refractivity contribution < 1.29 is 23.6 Å². The van der Waals surface area contributed by atoms with Crippen molar-refractivity contribution in [3.8, 4) is 11.5 Å². The Kier molecular flexibility index (Phi) is 7.99. The van der Waals surface area contributed by atoms with E-state index in [1.165, 1.54) is 6.92 Å². The van der Waals surface area contributed by atoms with E-state index in [0.717, 1.165) is 16.3 Å². The third-order valence-electron chi connectivity index (χ3n) is 4.57. The monoisotopic (exact) mass is 426 g/mol. The van der Waals surface area contributed by atoms with E-state index in [4.69, 9.17) is 9.47 Å². The number of ketones is 1. The maximum atomic E-state index is 12.5. The molecule has 6 heteroatoms. The van der Waals surface area contributed by atoms with Gasteiger partial charge in [0.15, 0.2) is 5.78 Å². The number of hydrogen-bond donors (Lipinski definition) is 1. The summed E-state index contributed by atoms with van der Waals surface area (Å²) in [5, 5.41) is 12.1. The van der Waals surface area contributed by atoms with Crippen LogP contribution in [-0.4, -0.2) is 45.9 Å². The van der Waals surface area contributed by atoms with Gasteiger partial charge < -0.3 is 14.6 Å². The largest absolute Gasteiger partial charge is 0.491 e. The summed E-state index contributed by atoms with van der Waals surface area (Å²) in [5.74, 6) is 1.93. The molecular weight excluding hydrogens is 400 g/mol. The number of benzene rings is 3. The highest BCUT2D eigenvalue weighted by atomic mass is 32.2. The first kappa shape index (κ1) is 22.0. The minimum Gasteiger partial charge on any atom is -0.491 e. The molecule has 30 heavy (non-hydrogen) atoms. The number of aliphatic hydroxyl groups excluding tert-OH is 1. The van der Waals surface area contributed by atoms with Gasteiger partial charge in [0.2, 0.25) is 0 Å². The van der Waals surface area contributed by atoms with Gasteiger partial charge in [-0.1, -0.05) is 48.5 Å². The van der Waals surface area contributed by atoms with E-state index in [1.807, 2.05) is 66.7 Å². The quantitative estimate of drug-likeness (QED) is 0.508. The van der Waals surface area contributed by atoms with Crippen LogP contribution in [0.3, 0.4) is 0 Å². The molecule has 158 valence electrons. The molecule has 0 aromatic heterocycles. The summed E-state index contributed by atoms with van der Waals surface area (Å²) in [4.78, 5) is 11.2. The lowest BCUT2D eigenvalue weighted by molar-refractivity contribution is -0.118. The highest BCUT2D eigenvalue weighted by molar-refractivity contribution is 7.85. The second-order valence-corrected chi connectivity index (χ2v) is 8.72. The first-order valence-electron chi connectivity index (χ1n) is 9.86. The van der Waals surface area contributed by atoms with Crippen molar-refractivity contribution >= 4 is 27.4 Å². The fraction of sp³-hybridized carbons (Fsp3) is 0.292. The van der Waals surface area contributed by atoms with Gasteiger partial charge in [0, 0.05) is 21.9 Å². The van der Waals surface area contributed by atoms with Crippen molar-refractivity contribution in [3.63, 3.8) is 0 Å². The van der Waals surface area contributed by atoms with Crippen LogP contribution in [0.1, 0.15) is 12.5 Å². The average Bonchev–Trinajstić information content (AvgIpc) is 2.75. The topological polar surface area (TPSA) is 72.8 Å². The smallest absolute Gasteiger partial charge is 0.167 e. The zero-order chi connectivity index (χ0) is 21.3. The van der Waals surface area contributed by atoms with Crippen LogP contribution < -0.4 is 9.47 Å². The summed E-state index contributed by atoms with van der Waals surface area (Å²) in [7, 11) is -1.17. The molecule has 3 aromatic carbocycles. The zero-order valence-electron chi connectivity index (χ0n) is 17.0. The number of carbonyl (C=O) groups excluding carboxylic acids is 1. The number of hydrogen-bond acceptors (Lipinski definition) is 5. The molecule has 1 N–H and O–H groups in total. The third-order valence-corrected chi connectivity index (χ3v) is 5.98. The van der Waals surface area contributed by atoms with Gasteiger partial charge in [-0.05, 0) is 42.5 Å². The third kappa shape index (κ3) is 6.40. The molecule has 3 aromatic rings. The number of fused-ring (bicyclic) bond motifs is 1. The van der Waals surface area contributed by atoms with Crippen LogP contribution in [0, 0.1) is 0 Å². The molecule has 0 amide bonds. The Morgan fingerprint density at radius 2 is 1.70 bits per heavy atom. The first-order chi connectivity index (χ1) is 14.5. The molecule has 5 nitrogen and oxygen atoms in total. The Bertz CT molecular complexity index is 1000. The molecule has 0 aliphatic carbocycles.